The van der Waals surface area contributed by atoms with Gasteiger partial charge in [0.05, 0.1) is 14.2 Å². The highest BCUT2D eigenvalue weighted by molar-refractivity contribution is 6.21. The van der Waals surface area contributed by atoms with Gasteiger partial charge in [-0.3, -0.25) is 0 Å². The summed E-state index contributed by atoms with van der Waals surface area (Å²) in [6.07, 6.45) is 0. The van der Waals surface area contributed by atoms with Crippen LogP contribution in [0.15, 0.2) is 54.6 Å². The standard InChI is InChI=1S/C23H18O2/c1-13-10-18-15-8-4-6-14-7-5-9-16(22(14)15)23(18)19-12-21(25-3)20(24-2)11-17(13)19/h4-12H,1-3H3. The molecule has 0 aromatic heterocycles. The van der Waals surface area contributed by atoms with Gasteiger partial charge in [-0.1, -0.05) is 42.5 Å². The second kappa shape index (κ2) is 5.00. The van der Waals surface area contributed by atoms with Crippen molar-refractivity contribution < 1.29 is 9.47 Å². The lowest BCUT2D eigenvalue weighted by Gasteiger charge is -2.14. The minimum absolute atomic E-state index is 0.769. The summed E-state index contributed by atoms with van der Waals surface area (Å²) in [7, 11) is 3.37. The van der Waals surface area contributed by atoms with Crippen molar-refractivity contribution in [2.24, 2.45) is 0 Å². The molecule has 0 N–H and O–H groups in total. The zero-order chi connectivity index (χ0) is 17.1. The maximum absolute atomic E-state index is 5.57. The van der Waals surface area contributed by atoms with Crippen molar-refractivity contribution in [3.63, 3.8) is 0 Å². The SMILES string of the molecule is COc1cc2c(C)cc3c(c2cc1OC)-c1cccc2cccc-3c12. The summed E-state index contributed by atoms with van der Waals surface area (Å²) >= 11 is 0. The first kappa shape index (κ1) is 14.4. The van der Waals surface area contributed by atoms with Crippen LogP contribution in [-0.2, 0) is 0 Å². The van der Waals surface area contributed by atoms with Crippen LogP contribution in [0.3, 0.4) is 0 Å². The molecule has 4 aromatic rings. The van der Waals surface area contributed by atoms with Gasteiger partial charge in [-0.15, -0.1) is 0 Å². The van der Waals surface area contributed by atoms with Crippen molar-refractivity contribution in [2.75, 3.05) is 14.2 Å². The van der Waals surface area contributed by atoms with Crippen LogP contribution >= 0.6 is 0 Å². The average molecular weight is 326 g/mol. The van der Waals surface area contributed by atoms with Crippen LogP contribution in [0.1, 0.15) is 5.56 Å². The Morgan fingerprint density at radius 2 is 1.32 bits per heavy atom. The molecule has 0 radical (unpaired) electrons. The van der Waals surface area contributed by atoms with Crippen LogP contribution in [0.2, 0.25) is 0 Å². The Kier molecular flexibility index (Phi) is 2.87. The largest absolute Gasteiger partial charge is 0.493 e. The van der Waals surface area contributed by atoms with E-state index >= 15 is 0 Å². The number of hydrogen-bond acceptors (Lipinski definition) is 2. The summed E-state index contributed by atoms with van der Waals surface area (Å²) in [6.45, 7) is 2.16. The highest BCUT2D eigenvalue weighted by Gasteiger charge is 2.24. The van der Waals surface area contributed by atoms with E-state index in [1.165, 1.54) is 49.4 Å². The lowest BCUT2D eigenvalue weighted by atomic mass is 9.93. The summed E-state index contributed by atoms with van der Waals surface area (Å²) < 4.78 is 11.1. The molecule has 0 saturated carbocycles. The van der Waals surface area contributed by atoms with Crippen molar-refractivity contribution in [1.29, 1.82) is 0 Å². The smallest absolute Gasteiger partial charge is 0.161 e. The molecule has 0 unspecified atom stereocenters. The number of rotatable bonds is 2. The zero-order valence-electron chi connectivity index (χ0n) is 14.5. The first-order chi connectivity index (χ1) is 12.2. The third-order valence-electron chi connectivity index (χ3n) is 5.31. The molecule has 0 aliphatic heterocycles. The van der Waals surface area contributed by atoms with Gasteiger partial charge in [0.15, 0.2) is 11.5 Å². The Bertz CT molecular complexity index is 1170. The average Bonchev–Trinajstić information content (AvgIpc) is 2.97. The van der Waals surface area contributed by atoms with E-state index in [1.54, 1.807) is 14.2 Å². The minimum atomic E-state index is 0.769. The van der Waals surface area contributed by atoms with Crippen molar-refractivity contribution >= 4 is 21.5 Å². The summed E-state index contributed by atoms with van der Waals surface area (Å²) in [5, 5.41) is 5.07. The Labute approximate surface area is 146 Å². The van der Waals surface area contributed by atoms with Gasteiger partial charge < -0.3 is 9.47 Å². The Balaban J connectivity index is 1.99. The molecule has 1 aliphatic carbocycles. The van der Waals surface area contributed by atoms with Crippen molar-refractivity contribution in [1.82, 2.24) is 0 Å². The first-order valence-electron chi connectivity index (χ1n) is 8.44. The van der Waals surface area contributed by atoms with E-state index in [1.807, 2.05) is 0 Å². The van der Waals surface area contributed by atoms with Gasteiger partial charge >= 0.3 is 0 Å². The van der Waals surface area contributed by atoms with Crippen LogP contribution in [0.5, 0.6) is 11.5 Å². The van der Waals surface area contributed by atoms with Crippen LogP contribution in [0.4, 0.5) is 0 Å². The summed E-state index contributed by atoms with van der Waals surface area (Å²) in [5.41, 5.74) is 6.49. The van der Waals surface area contributed by atoms with E-state index < -0.39 is 0 Å². The van der Waals surface area contributed by atoms with Crippen LogP contribution in [0, 0.1) is 6.92 Å². The fraction of sp³-hybridized carbons (Fsp3) is 0.130. The topological polar surface area (TPSA) is 18.5 Å². The normalized spacial score (nSPS) is 11.8. The molecule has 0 heterocycles. The number of benzene rings is 4. The number of ether oxygens (including phenoxy) is 2. The molecule has 25 heavy (non-hydrogen) atoms. The summed E-state index contributed by atoms with van der Waals surface area (Å²) in [5.74, 6) is 1.54. The maximum Gasteiger partial charge on any atom is 0.161 e. The maximum atomic E-state index is 5.57. The van der Waals surface area contributed by atoms with E-state index in [0.717, 1.165) is 11.5 Å². The fourth-order valence-corrected chi connectivity index (χ4v) is 4.20. The second-order valence-corrected chi connectivity index (χ2v) is 6.58. The summed E-state index contributed by atoms with van der Waals surface area (Å²) in [4.78, 5) is 0. The van der Waals surface area contributed by atoms with E-state index in [4.69, 9.17) is 9.47 Å². The van der Waals surface area contributed by atoms with E-state index in [2.05, 4.69) is 61.5 Å². The van der Waals surface area contributed by atoms with Gasteiger partial charge in [0.1, 0.15) is 0 Å². The third-order valence-corrected chi connectivity index (χ3v) is 5.31. The molecule has 0 amide bonds. The lowest BCUT2D eigenvalue weighted by Crippen LogP contribution is -1.93. The van der Waals surface area contributed by atoms with E-state index in [-0.39, 0.29) is 0 Å². The summed E-state index contributed by atoms with van der Waals surface area (Å²) in [6, 6.07) is 19.6. The minimum Gasteiger partial charge on any atom is -0.493 e. The van der Waals surface area contributed by atoms with E-state index in [9.17, 15) is 0 Å². The molecule has 0 bridgehead atoms. The molecule has 122 valence electrons. The second-order valence-electron chi connectivity index (χ2n) is 6.58. The molecule has 0 atom stereocenters. The van der Waals surface area contributed by atoms with Crippen molar-refractivity contribution in [2.45, 2.75) is 6.92 Å². The van der Waals surface area contributed by atoms with Crippen LogP contribution in [-0.4, -0.2) is 14.2 Å². The highest BCUT2D eigenvalue weighted by atomic mass is 16.5. The Hall–Kier alpha value is -3.00. The molecule has 5 rings (SSSR count). The van der Waals surface area contributed by atoms with Crippen LogP contribution < -0.4 is 9.47 Å². The Morgan fingerprint density at radius 3 is 2.00 bits per heavy atom. The molecule has 0 spiro atoms. The molecule has 2 nitrogen and oxygen atoms in total. The zero-order valence-corrected chi connectivity index (χ0v) is 14.5. The van der Waals surface area contributed by atoms with Crippen molar-refractivity contribution in [3.05, 3.63) is 60.2 Å². The molecule has 2 heteroatoms. The predicted molar refractivity (Wildman–Crippen MR) is 104 cm³/mol. The molecule has 0 fully saturated rings. The van der Waals surface area contributed by atoms with Gasteiger partial charge in [-0.2, -0.15) is 0 Å². The number of hydrogen-bond donors (Lipinski definition) is 0. The van der Waals surface area contributed by atoms with Crippen LogP contribution in [0.25, 0.3) is 43.8 Å². The highest BCUT2D eigenvalue weighted by Crippen LogP contribution is 2.51. The lowest BCUT2D eigenvalue weighted by molar-refractivity contribution is 0.356. The molecular weight excluding hydrogens is 308 g/mol. The third kappa shape index (κ3) is 1.79. The fourth-order valence-electron chi connectivity index (χ4n) is 4.20. The van der Waals surface area contributed by atoms with Gasteiger partial charge in [0.25, 0.3) is 0 Å². The molecule has 1 aliphatic rings. The Morgan fingerprint density at radius 1 is 0.680 bits per heavy atom. The van der Waals surface area contributed by atoms with Gasteiger partial charge in [0.2, 0.25) is 0 Å². The number of methoxy groups -OCH3 is 2. The number of aryl methyl sites for hydroxylation is 1. The van der Waals surface area contributed by atoms with Gasteiger partial charge in [-0.25, -0.2) is 0 Å². The number of fused-ring (bicyclic) bond motifs is 5. The quantitative estimate of drug-likeness (QED) is 0.398. The monoisotopic (exact) mass is 326 g/mol. The molecule has 0 saturated heterocycles. The molecular formula is C23H18O2. The van der Waals surface area contributed by atoms with E-state index in [0.29, 0.717) is 0 Å². The predicted octanol–water partition coefficient (Wildman–Crippen LogP) is 5.97. The first-order valence-corrected chi connectivity index (χ1v) is 8.44. The van der Waals surface area contributed by atoms with Gasteiger partial charge in [-0.05, 0) is 68.4 Å². The van der Waals surface area contributed by atoms with Crippen molar-refractivity contribution in [3.8, 4) is 33.8 Å². The van der Waals surface area contributed by atoms with Gasteiger partial charge in [0, 0.05) is 0 Å². The molecule has 4 aromatic carbocycles.